The Balaban J connectivity index is 1.33. The molecule has 6 rings (SSSR count). The number of hydrogen-bond donors (Lipinski definition) is 2. The molecule has 0 amide bonds. The molecule has 2 aliphatic rings. The molecule has 2 N–H and O–H groups in total. The average Bonchev–Trinajstić information content (AvgIpc) is 3.72. The molecule has 13 nitrogen and oxygen atoms in total. The van der Waals surface area contributed by atoms with Gasteiger partial charge in [0.15, 0.2) is 29.3 Å². The van der Waals surface area contributed by atoms with Crippen LogP contribution >= 0.6 is 35.0 Å². The smallest absolute Gasteiger partial charge is 0.387 e. The average molecular weight is 760 g/mol. The molecule has 1 saturated heterocycles. The van der Waals surface area contributed by atoms with Crippen molar-refractivity contribution in [2.24, 2.45) is 5.92 Å². The molecule has 2 aromatic carbocycles. The minimum atomic E-state index is -4.38. The fourth-order valence-corrected chi connectivity index (χ4v) is 8.86. The van der Waals surface area contributed by atoms with Gasteiger partial charge in [0.2, 0.25) is 10.0 Å². The molecule has 1 saturated carbocycles. The van der Waals surface area contributed by atoms with Crippen LogP contribution in [0.2, 0.25) is 10.0 Å². The number of pyridine rings is 1. The number of sulfonamides is 1. The van der Waals surface area contributed by atoms with Crippen LogP contribution in [0.4, 0.5) is 8.78 Å². The van der Waals surface area contributed by atoms with Gasteiger partial charge in [0.25, 0.3) is 5.56 Å². The maximum absolute atomic E-state index is 13.8. The monoisotopic (exact) mass is 758 g/mol. The highest BCUT2D eigenvalue weighted by Gasteiger charge is 2.42. The fraction of sp³-hybridized carbons (Fsp3) is 0.333. The third-order valence-corrected chi connectivity index (χ3v) is 11.6. The lowest BCUT2D eigenvalue weighted by atomic mass is 10.0. The van der Waals surface area contributed by atoms with E-state index < -0.39 is 45.3 Å². The molecule has 2 aromatic heterocycles. The first kappa shape index (κ1) is 34.9. The quantitative estimate of drug-likeness (QED) is 0.121. The highest BCUT2D eigenvalue weighted by atomic mass is 35.5. The number of esters is 1. The number of carbonyl (C=O) groups excluding carboxylic acids is 1. The molecule has 0 radical (unpaired) electrons. The van der Waals surface area contributed by atoms with Crippen molar-refractivity contribution in [3.8, 4) is 11.5 Å². The van der Waals surface area contributed by atoms with Gasteiger partial charge in [0.1, 0.15) is 16.1 Å². The van der Waals surface area contributed by atoms with Gasteiger partial charge in [-0.2, -0.15) is 17.8 Å². The highest BCUT2D eigenvalue weighted by molar-refractivity contribution is 8.02. The summed E-state index contributed by atoms with van der Waals surface area (Å²) in [6.45, 7) is -2.97. The number of rotatable bonds is 12. The summed E-state index contributed by atoms with van der Waals surface area (Å²) in [7, 11) is -4.38. The maximum Gasteiger partial charge on any atom is 0.387 e. The van der Waals surface area contributed by atoms with E-state index in [1.807, 2.05) is 4.98 Å². The van der Waals surface area contributed by atoms with E-state index in [0.29, 0.717) is 4.73 Å². The molecule has 2 fully saturated rings. The number of aromatic nitrogens is 3. The number of carbonyl (C=O) groups is 1. The Labute approximate surface area is 290 Å². The minimum Gasteiger partial charge on any atom is -0.619 e. The number of nitrogens with zero attached hydrogens (tertiary/aromatic N) is 2. The normalized spacial score (nSPS) is 17.4. The number of alkyl halides is 2. The summed E-state index contributed by atoms with van der Waals surface area (Å²) in [5, 5.41) is 10.4. The molecule has 1 aliphatic carbocycles. The molecule has 49 heavy (non-hydrogen) atoms. The van der Waals surface area contributed by atoms with E-state index in [9.17, 15) is 36.8 Å². The Bertz CT molecular complexity index is 2130. The van der Waals surface area contributed by atoms with Gasteiger partial charge in [-0.05, 0) is 54.7 Å². The van der Waals surface area contributed by atoms with E-state index in [1.54, 1.807) is 0 Å². The van der Waals surface area contributed by atoms with Crippen LogP contribution in [0.1, 0.15) is 30.1 Å². The number of fused-ring (bicyclic) bond motifs is 1. The number of thioether (sulfide) groups is 1. The SMILES string of the molecule is O=C(O[C@@H](Cc1c(Cl)c[n+]([O-])cc1Cl)c1ccc(OC(F)F)c(OCC2CC2)c1)C1SCCN1S(=O)(=O)c1ccc2[nH]c(=O)[nH]c(=O)c2c1. The summed E-state index contributed by atoms with van der Waals surface area (Å²) < 4.78 is 71.7. The van der Waals surface area contributed by atoms with E-state index in [0.717, 1.165) is 47.4 Å². The second-order valence-electron chi connectivity index (χ2n) is 11.2. The first-order valence-electron chi connectivity index (χ1n) is 14.7. The molecule has 3 heterocycles. The van der Waals surface area contributed by atoms with E-state index in [1.165, 1.54) is 30.3 Å². The zero-order valence-corrected chi connectivity index (χ0v) is 28.2. The largest absolute Gasteiger partial charge is 0.619 e. The number of halogens is 4. The molecule has 4 aromatic rings. The summed E-state index contributed by atoms with van der Waals surface area (Å²) in [6, 6.07) is 7.57. The molecule has 0 bridgehead atoms. The molecule has 0 spiro atoms. The summed E-state index contributed by atoms with van der Waals surface area (Å²) >= 11 is 13.7. The highest BCUT2D eigenvalue weighted by Crippen LogP contribution is 2.39. The second kappa shape index (κ2) is 14.1. The number of H-pyrrole nitrogens is 2. The van der Waals surface area contributed by atoms with Crippen LogP contribution in [0.25, 0.3) is 10.9 Å². The van der Waals surface area contributed by atoms with Gasteiger partial charge in [-0.1, -0.05) is 29.3 Å². The van der Waals surface area contributed by atoms with Gasteiger partial charge < -0.3 is 24.4 Å². The summed E-state index contributed by atoms with van der Waals surface area (Å²) in [5.74, 6) is -0.749. The van der Waals surface area contributed by atoms with Crippen LogP contribution in [0.5, 0.6) is 11.5 Å². The molecule has 2 atom stereocenters. The molecule has 19 heteroatoms. The van der Waals surface area contributed by atoms with Crippen molar-refractivity contribution in [3.05, 3.63) is 96.0 Å². The number of hydrogen-bond acceptors (Lipinski definition) is 10. The Hall–Kier alpha value is -3.90. The van der Waals surface area contributed by atoms with E-state index in [4.69, 9.17) is 32.7 Å². The van der Waals surface area contributed by atoms with Crippen LogP contribution in [-0.2, 0) is 26.0 Å². The lowest BCUT2D eigenvalue weighted by Gasteiger charge is -2.26. The van der Waals surface area contributed by atoms with Gasteiger partial charge in [0, 0.05) is 24.3 Å². The summed E-state index contributed by atoms with van der Waals surface area (Å²) in [6.07, 6.45) is 2.52. The molecular formula is C30H26Cl2F2N4O9S2. The van der Waals surface area contributed by atoms with Crippen LogP contribution < -0.4 is 25.5 Å². The minimum absolute atomic E-state index is 0.0273. The first-order valence-corrected chi connectivity index (χ1v) is 17.9. The summed E-state index contributed by atoms with van der Waals surface area (Å²) in [4.78, 5) is 42.0. The molecule has 1 unspecified atom stereocenters. The number of benzene rings is 2. The number of aromatic amines is 2. The van der Waals surface area contributed by atoms with Crippen molar-refractivity contribution in [2.75, 3.05) is 18.9 Å². The van der Waals surface area contributed by atoms with Crippen LogP contribution in [0, 0.1) is 11.1 Å². The number of ether oxygens (including phenoxy) is 3. The Morgan fingerprint density at radius 1 is 1.08 bits per heavy atom. The maximum atomic E-state index is 13.8. The fourth-order valence-electron chi connectivity index (χ4n) is 5.19. The van der Waals surface area contributed by atoms with Gasteiger partial charge in [-0.25, -0.2) is 18.0 Å². The van der Waals surface area contributed by atoms with E-state index >= 15 is 0 Å². The lowest BCUT2D eigenvalue weighted by Crippen LogP contribution is -2.40. The third-order valence-electron chi connectivity index (χ3n) is 7.80. The zero-order chi connectivity index (χ0) is 35.0. The topological polar surface area (TPSA) is 175 Å². The van der Waals surface area contributed by atoms with Gasteiger partial charge in [-0.15, -0.1) is 11.8 Å². The zero-order valence-electron chi connectivity index (χ0n) is 25.1. The predicted molar refractivity (Wildman–Crippen MR) is 175 cm³/mol. The first-order chi connectivity index (χ1) is 23.3. The second-order valence-corrected chi connectivity index (χ2v) is 15.1. The van der Waals surface area contributed by atoms with Gasteiger partial charge >= 0.3 is 18.3 Å². The predicted octanol–water partition coefficient (Wildman–Crippen LogP) is 4.14. The van der Waals surface area contributed by atoms with Crippen molar-refractivity contribution in [3.63, 3.8) is 0 Å². The van der Waals surface area contributed by atoms with Crippen molar-refractivity contribution in [1.29, 1.82) is 0 Å². The Morgan fingerprint density at radius 2 is 1.82 bits per heavy atom. The van der Waals surface area contributed by atoms with Crippen molar-refractivity contribution in [1.82, 2.24) is 14.3 Å². The summed E-state index contributed by atoms with van der Waals surface area (Å²) in [5.41, 5.74) is -0.953. The molecule has 260 valence electrons. The third kappa shape index (κ3) is 7.80. The van der Waals surface area contributed by atoms with Crippen LogP contribution in [-0.4, -0.2) is 59.6 Å². The molecule has 1 aliphatic heterocycles. The van der Waals surface area contributed by atoms with Gasteiger partial charge in [0.05, 0.1) is 22.4 Å². The van der Waals surface area contributed by atoms with Crippen molar-refractivity contribution in [2.45, 2.75) is 42.2 Å². The van der Waals surface area contributed by atoms with Crippen molar-refractivity contribution < 1.29 is 40.9 Å². The standard InChI is InChI=1S/C30H26Cl2F2N4O9S2/c31-20-12-37(42)13-21(32)18(20)11-24(16-3-6-23(47-29(33)34)25(9-16)45-14-15-1-2-15)46-28(40)27-38(7-8-48-27)49(43,44)17-4-5-22-19(10-17)26(39)36-30(41)35-22/h3-6,9-10,12-13,15,24,27,29H,1-2,7-8,11,14H2,(H2,35,36,39,41)/t24-,27?/m0/s1. The Kier molecular flexibility index (Phi) is 10.1. The lowest BCUT2D eigenvalue weighted by molar-refractivity contribution is -0.605. The Morgan fingerprint density at radius 3 is 2.51 bits per heavy atom. The number of nitrogens with one attached hydrogen (secondary N) is 2. The van der Waals surface area contributed by atoms with Crippen molar-refractivity contribution >= 4 is 61.9 Å². The van der Waals surface area contributed by atoms with Crippen LogP contribution in [0.3, 0.4) is 0 Å². The molecular weight excluding hydrogens is 733 g/mol. The van der Waals surface area contributed by atoms with Gasteiger partial charge in [-0.3, -0.25) is 9.78 Å². The van der Waals surface area contributed by atoms with Crippen LogP contribution in [0.15, 0.2) is 63.3 Å². The van der Waals surface area contributed by atoms with E-state index in [2.05, 4.69) is 9.72 Å². The van der Waals surface area contributed by atoms with E-state index in [-0.39, 0.29) is 79.7 Å².